The highest BCUT2D eigenvalue weighted by Gasteiger charge is 2.31. The van der Waals surface area contributed by atoms with Gasteiger partial charge in [-0.2, -0.15) is 0 Å². The molecule has 2 rings (SSSR count). The Morgan fingerprint density at radius 2 is 2.24 bits per heavy atom. The molecule has 0 aromatic heterocycles. The Morgan fingerprint density at radius 3 is 2.76 bits per heavy atom. The van der Waals surface area contributed by atoms with Crippen molar-refractivity contribution < 1.29 is 13.3 Å². The van der Waals surface area contributed by atoms with Crippen molar-refractivity contribution in [2.75, 3.05) is 24.0 Å². The fourth-order valence-corrected chi connectivity index (χ4v) is 4.36. The summed E-state index contributed by atoms with van der Waals surface area (Å²) in [6.07, 6.45) is 0.582. The Balaban J connectivity index is 2.20. The predicted octanol–water partition coefficient (Wildman–Crippen LogP) is 0.499. The van der Waals surface area contributed by atoms with Crippen LogP contribution in [-0.4, -0.2) is 42.8 Å². The molecule has 0 bridgehead atoms. The Kier molecular flexibility index (Phi) is 4.45. The Labute approximate surface area is 123 Å². The predicted molar refractivity (Wildman–Crippen MR) is 79.4 cm³/mol. The maximum atomic E-state index is 11.5. The molecule has 1 aromatic carbocycles. The van der Waals surface area contributed by atoms with Gasteiger partial charge in [0.25, 0.3) is 5.69 Å². The molecule has 116 valence electrons. The molecule has 1 aliphatic heterocycles. The van der Waals surface area contributed by atoms with E-state index in [1.165, 1.54) is 6.07 Å². The van der Waals surface area contributed by atoms with Crippen LogP contribution in [0.15, 0.2) is 18.2 Å². The SMILES string of the molecule is CN(Cc1cccc([N+](=O)[O-])c1NN)C1CCS(=O)(=O)C1. The molecule has 0 radical (unpaired) electrons. The number of hydrogen-bond acceptors (Lipinski definition) is 7. The highest BCUT2D eigenvalue weighted by atomic mass is 32.2. The van der Waals surface area contributed by atoms with Crippen LogP contribution in [0.4, 0.5) is 11.4 Å². The summed E-state index contributed by atoms with van der Waals surface area (Å²) in [5.74, 6) is 5.71. The lowest BCUT2D eigenvalue weighted by molar-refractivity contribution is -0.384. The Hall–Kier alpha value is -1.71. The van der Waals surface area contributed by atoms with E-state index in [2.05, 4.69) is 5.43 Å². The largest absolute Gasteiger partial charge is 0.318 e. The van der Waals surface area contributed by atoms with Crippen molar-refractivity contribution in [1.29, 1.82) is 0 Å². The smallest absolute Gasteiger partial charge is 0.293 e. The van der Waals surface area contributed by atoms with E-state index in [4.69, 9.17) is 5.84 Å². The molecule has 9 heteroatoms. The zero-order valence-electron chi connectivity index (χ0n) is 11.7. The van der Waals surface area contributed by atoms with Crippen LogP contribution in [0.5, 0.6) is 0 Å². The first-order valence-corrected chi connectivity index (χ1v) is 8.30. The molecule has 1 unspecified atom stereocenters. The maximum Gasteiger partial charge on any atom is 0.293 e. The van der Waals surface area contributed by atoms with E-state index >= 15 is 0 Å². The normalized spacial score (nSPS) is 20.6. The van der Waals surface area contributed by atoms with Gasteiger partial charge in [-0.1, -0.05) is 12.1 Å². The van der Waals surface area contributed by atoms with Crippen LogP contribution < -0.4 is 11.3 Å². The summed E-state index contributed by atoms with van der Waals surface area (Å²) < 4.78 is 23.0. The van der Waals surface area contributed by atoms with Gasteiger partial charge in [0.05, 0.1) is 16.4 Å². The van der Waals surface area contributed by atoms with Crippen molar-refractivity contribution in [1.82, 2.24) is 4.90 Å². The van der Waals surface area contributed by atoms with Gasteiger partial charge in [0, 0.05) is 18.7 Å². The third kappa shape index (κ3) is 3.49. The van der Waals surface area contributed by atoms with Crippen molar-refractivity contribution in [3.05, 3.63) is 33.9 Å². The minimum Gasteiger partial charge on any atom is -0.318 e. The van der Waals surface area contributed by atoms with Crippen LogP contribution in [-0.2, 0) is 16.4 Å². The number of nitrogens with two attached hydrogens (primary N) is 1. The summed E-state index contributed by atoms with van der Waals surface area (Å²) in [4.78, 5) is 12.4. The second-order valence-corrected chi connectivity index (χ2v) is 7.41. The summed E-state index contributed by atoms with van der Waals surface area (Å²) in [6.45, 7) is 0.390. The number of para-hydroxylation sites is 1. The van der Waals surface area contributed by atoms with Crippen LogP contribution in [0, 0.1) is 10.1 Å². The van der Waals surface area contributed by atoms with E-state index in [0.29, 0.717) is 18.5 Å². The molecule has 0 aliphatic carbocycles. The van der Waals surface area contributed by atoms with E-state index in [0.717, 1.165) is 0 Å². The first-order valence-electron chi connectivity index (χ1n) is 6.47. The van der Waals surface area contributed by atoms with Crippen LogP contribution in [0.2, 0.25) is 0 Å². The molecular weight excluding hydrogens is 296 g/mol. The van der Waals surface area contributed by atoms with E-state index in [9.17, 15) is 18.5 Å². The number of hydrazine groups is 1. The lowest BCUT2D eigenvalue weighted by atomic mass is 10.1. The molecule has 8 nitrogen and oxygen atoms in total. The molecule has 1 atom stereocenters. The second kappa shape index (κ2) is 5.96. The van der Waals surface area contributed by atoms with E-state index in [-0.39, 0.29) is 28.9 Å². The zero-order chi connectivity index (χ0) is 15.6. The Bertz CT molecular complexity index is 647. The highest BCUT2D eigenvalue weighted by Crippen LogP contribution is 2.29. The van der Waals surface area contributed by atoms with E-state index in [1.54, 1.807) is 12.1 Å². The monoisotopic (exact) mass is 314 g/mol. The molecule has 1 aromatic rings. The molecule has 21 heavy (non-hydrogen) atoms. The van der Waals surface area contributed by atoms with Crippen LogP contribution in [0.25, 0.3) is 0 Å². The molecule has 0 spiro atoms. The molecule has 1 fully saturated rings. The lowest BCUT2D eigenvalue weighted by Crippen LogP contribution is -2.32. The Morgan fingerprint density at radius 1 is 1.52 bits per heavy atom. The van der Waals surface area contributed by atoms with Crippen LogP contribution >= 0.6 is 0 Å². The van der Waals surface area contributed by atoms with Crippen molar-refractivity contribution in [3.63, 3.8) is 0 Å². The summed E-state index contributed by atoms with van der Waals surface area (Å²) >= 11 is 0. The number of nitrogens with zero attached hydrogens (tertiary/aromatic N) is 2. The number of rotatable bonds is 5. The fourth-order valence-electron chi connectivity index (χ4n) is 2.56. The molecular formula is C12H18N4O4S. The standard InChI is InChI=1S/C12H18N4O4S/c1-15(10-5-6-21(19,20)8-10)7-9-3-2-4-11(16(17)18)12(9)14-13/h2-4,10,14H,5-8,13H2,1H3. The van der Waals surface area contributed by atoms with Crippen molar-refractivity contribution in [3.8, 4) is 0 Å². The number of nitrogens with one attached hydrogen (secondary N) is 1. The number of sulfone groups is 1. The van der Waals surface area contributed by atoms with Gasteiger partial charge in [0.15, 0.2) is 9.84 Å². The van der Waals surface area contributed by atoms with Crippen LogP contribution in [0.3, 0.4) is 0 Å². The molecule has 0 saturated carbocycles. The number of nitro benzene ring substituents is 1. The minimum atomic E-state index is -2.96. The van der Waals surface area contributed by atoms with Gasteiger partial charge < -0.3 is 5.43 Å². The molecule has 1 saturated heterocycles. The van der Waals surface area contributed by atoms with Crippen molar-refractivity contribution in [2.45, 2.75) is 19.0 Å². The number of anilines is 1. The molecule has 0 amide bonds. The topological polar surface area (TPSA) is 119 Å². The average Bonchev–Trinajstić information content (AvgIpc) is 2.78. The summed E-state index contributed by atoms with van der Waals surface area (Å²) in [5, 5.41) is 11.0. The lowest BCUT2D eigenvalue weighted by Gasteiger charge is -2.24. The maximum absolute atomic E-state index is 11.5. The highest BCUT2D eigenvalue weighted by molar-refractivity contribution is 7.91. The summed E-state index contributed by atoms with van der Waals surface area (Å²) in [7, 11) is -1.15. The number of nitro groups is 1. The molecule has 3 N–H and O–H groups in total. The van der Waals surface area contributed by atoms with Crippen molar-refractivity contribution >= 4 is 21.2 Å². The van der Waals surface area contributed by atoms with E-state index < -0.39 is 14.8 Å². The third-order valence-corrected chi connectivity index (χ3v) is 5.47. The fraction of sp³-hybridized carbons (Fsp3) is 0.500. The third-order valence-electron chi connectivity index (χ3n) is 3.72. The first-order chi connectivity index (χ1) is 9.84. The van der Waals surface area contributed by atoms with Crippen molar-refractivity contribution in [2.24, 2.45) is 5.84 Å². The van der Waals surface area contributed by atoms with E-state index in [1.807, 2.05) is 11.9 Å². The number of nitrogen functional groups attached to an aromatic ring is 1. The molecule has 1 aliphatic rings. The van der Waals surface area contributed by atoms with Gasteiger partial charge in [-0.05, 0) is 19.0 Å². The van der Waals surface area contributed by atoms with Gasteiger partial charge in [-0.3, -0.25) is 20.9 Å². The number of hydrogen-bond donors (Lipinski definition) is 2. The zero-order valence-corrected chi connectivity index (χ0v) is 12.5. The van der Waals surface area contributed by atoms with Gasteiger partial charge in [-0.25, -0.2) is 8.42 Å². The average molecular weight is 314 g/mol. The quantitative estimate of drug-likeness (QED) is 0.461. The van der Waals surface area contributed by atoms with Crippen LogP contribution in [0.1, 0.15) is 12.0 Å². The summed E-state index contributed by atoms with van der Waals surface area (Å²) in [6, 6.07) is 4.63. The van der Waals surface area contributed by atoms with Gasteiger partial charge in [-0.15, -0.1) is 0 Å². The van der Waals surface area contributed by atoms with Gasteiger partial charge in [0.2, 0.25) is 0 Å². The second-order valence-electron chi connectivity index (χ2n) is 5.18. The number of benzene rings is 1. The molecule has 1 heterocycles. The first kappa shape index (κ1) is 15.7. The van der Waals surface area contributed by atoms with Gasteiger partial charge in [0.1, 0.15) is 5.69 Å². The van der Waals surface area contributed by atoms with Gasteiger partial charge >= 0.3 is 0 Å². The minimum absolute atomic E-state index is 0.0695. The summed E-state index contributed by atoms with van der Waals surface area (Å²) in [5.41, 5.74) is 3.20.